The van der Waals surface area contributed by atoms with Crippen LogP contribution in [0.3, 0.4) is 0 Å². The van der Waals surface area contributed by atoms with Crippen LogP contribution in [-0.4, -0.2) is 84.3 Å². The summed E-state index contributed by atoms with van der Waals surface area (Å²) in [6.45, 7) is 26.9. The largest absolute Gasteiger partial charge is 0.414 e. The first kappa shape index (κ1) is 38.2. The van der Waals surface area contributed by atoms with Crippen molar-refractivity contribution in [2.75, 3.05) is 13.2 Å². The first-order valence-electron chi connectivity index (χ1n) is 17.2. The van der Waals surface area contributed by atoms with E-state index in [1.54, 1.807) is 4.68 Å². The second-order valence-electron chi connectivity index (χ2n) is 14.7. The molecule has 16 heteroatoms. The van der Waals surface area contributed by atoms with E-state index in [0.717, 1.165) is 0 Å². The second kappa shape index (κ2) is 15.5. The summed E-state index contributed by atoms with van der Waals surface area (Å²) in [4.78, 5) is 19.8. The van der Waals surface area contributed by atoms with Gasteiger partial charge in [0.05, 0.1) is 37.6 Å². The molecule has 47 heavy (non-hydrogen) atoms. The van der Waals surface area contributed by atoms with Crippen LogP contribution in [0.5, 0.6) is 0 Å². The summed E-state index contributed by atoms with van der Waals surface area (Å²) in [6, 6.07) is 2.04. The van der Waals surface area contributed by atoms with Crippen molar-refractivity contribution < 1.29 is 22.0 Å². The Bertz CT molecular complexity index is 1410. The van der Waals surface area contributed by atoms with Crippen LogP contribution < -0.4 is 5.56 Å². The van der Waals surface area contributed by atoms with Crippen molar-refractivity contribution in [3.8, 4) is 6.07 Å². The fraction of sp³-hybridized carbons (Fsp3) is 0.839. The molecule has 0 aromatic carbocycles. The fourth-order valence-corrected chi connectivity index (χ4v) is 20.4. The molecular weight excluding hydrogens is 654 g/mol. The monoisotopic (exact) mass is 709 g/mol. The van der Waals surface area contributed by atoms with Crippen LogP contribution in [-0.2, 0) is 22.0 Å². The Balaban J connectivity index is 1.90. The van der Waals surface area contributed by atoms with Gasteiger partial charge in [0.1, 0.15) is 6.10 Å². The van der Waals surface area contributed by atoms with Crippen molar-refractivity contribution in [1.29, 1.82) is 5.26 Å². The number of hydrogen-bond donors (Lipinski definition) is 1. The molecule has 2 fully saturated rings. The lowest BCUT2D eigenvalue weighted by Gasteiger charge is -2.52. The maximum Gasteiger partial charge on any atom is 0.335 e. The lowest BCUT2D eigenvalue weighted by molar-refractivity contribution is -0.0206. The summed E-state index contributed by atoms with van der Waals surface area (Å²) < 4.78 is 39.7. The van der Waals surface area contributed by atoms with Gasteiger partial charge in [-0.15, -0.1) is 5.10 Å². The van der Waals surface area contributed by atoms with E-state index in [-0.39, 0.29) is 70.3 Å². The number of rotatable bonds is 13. The number of H-pyrrole nitrogens is 1. The molecule has 1 aliphatic carbocycles. The van der Waals surface area contributed by atoms with E-state index in [1.165, 1.54) is 6.33 Å². The highest BCUT2D eigenvalue weighted by Crippen LogP contribution is 2.55. The van der Waals surface area contributed by atoms with Crippen molar-refractivity contribution in [2.45, 2.75) is 148 Å². The smallest absolute Gasteiger partial charge is 0.335 e. The molecule has 2 aliphatic rings. The molecule has 13 nitrogen and oxygen atoms in total. The lowest BCUT2D eigenvalue weighted by atomic mass is 10.1. The number of hydrogen-bond acceptors (Lipinski definition) is 11. The Morgan fingerprint density at radius 3 is 2.21 bits per heavy atom. The van der Waals surface area contributed by atoms with Crippen molar-refractivity contribution in [2.24, 2.45) is 5.92 Å². The highest BCUT2D eigenvalue weighted by atomic mass is 31.2. The first-order valence-corrected chi connectivity index (χ1v) is 22.2. The quantitative estimate of drug-likeness (QED) is 0.135. The third kappa shape index (κ3) is 7.46. The summed E-state index contributed by atoms with van der Waals surface area (Å²) in [7, 11) is -7.38. The van der Waals surface area contributed by atoms with Crippen LogP contribution in [0.1, 0.15) is 102 Å². The number of nitrogens with one attached hydrogen (secondary N) is 1. The predicted octanol–water partition coefficient (Wildman–Crippen LogP) is 6.69. The minimum absolute atomic E-state index is 0.0496. The van der Waals surface area contributed by atoms with Gasteiger partial charge in [-0.2, -0.15) is 5.26 Å². The third-order valence-corrected chi connectivity index (χ3v) is 21.9. The maximum absolute atomic E-state index is 12.7. The van der Waals surface area contributed by atoms with Crippen molar-refractivity contribution in [1.82, 2.24) is 29.6 Å². The number of aromatic amines is 1. The van der Waals surface area contributed by atoms with E-state index in [1.807, 2.05) is 0 Å². The summed E-state index contributed by atoms with van der Waals surface area (Å²) in [5.41, 5.74) is 0.933. The maximum atomic E-state index is 12.7. The van der Waals surface area contributed by atoms with Gasteiger partial charge in [0.2, 0.25) is 0 Å². The summed E-state index contributed by atoms with van der Waals surface area (Å²) in [6.07, 6.45) is 1.29. The van der Waals surface area contributed by atoms with Gasteiger partial charge in [0.25, 0.3) is 14.1 Å². The van der Waals surface area contributed by atoms with Gasteiger partial charge in [0.15, 0.2) is 11.2 Å². The molecule has 1 saturated heterocycles. The van der Waals surface area contributed by atoms with Gasteiger partial charge in [-0.1, -0.05) is 60.6 Å². The molecule has 3 heterocycles. The zero-order valence-electron chi connectivity index (χ0n) is 30.3. The Morgan fingerprint density at radius 1 is 1.04 bits per heavy atom. The second-order valence-corrected chi connectivity index (χ2v) is 24.9. The van der Waals surface area contributed by atoms with Gasteiger partial charge in [-0.25, -0.2) is 14.3 Å². The summed E-state index contributed by atoms with van der Waals surface area (Å²) in [5.74, 6) is -0.0496. The standard InChI is InChI=1S/C31H56N7O6PSi2/c1-19(2)38(20(3)4)45(40-15-13-14-32)42-29-26(37-30-27(35-36-37)31(39)34-18-33-30)16-25-17-41-46(21(5)6,22(7)8)44-47(23(9)10,24(11)12)43-28(25)29/h18-26,28-29H,13,15-17H2,1-12H3,(H,33,34,39)/t25-,26-,28-,29+,45?/m1/s1. The number of nitriles is 1. The van der Waals surface area contributed by atoms with Crippen LogP contribution in [0, 0.1) is 17.2 Å². The van der Waals surface area contributed by atoms with Gasteiger partial charge >= 0.3 is 17.1 Å². The SMILES string of the molecule is CC(C)N(C(C)C)P(OCCC#N)O[C@@H]1[C@@H]2O[Si](C(C)C)(C(C)C)O[Si](C(C)C)(C(C)C)OC[C@H]2C[C@H]1n1nnc2c(=O)[nH]cnc21. The fourth-order valence-electron chi connectivity index (χ4n) is 7.32. The van der Waals surface area contributed by atoms with E-state index in [0.29, 0.717) is 18.7 Å². The molecule has 0 spiro atoms. The minimum atomic E-state index is -2.99. The van der Waals surface area contributed by atoms with Gasteiger partial charge < -0.3 is 27.0 Å². The highest BCUT2D eigenvalue weighted by Gasteiger charge is 2.62. The average Bonchev–Trinajstić information content (AvgIpc) is 3.54. The zero-order chi connectivity index (χ0) is 34.8. The molecule has 264 valence electrons. The molecule has 5 atom stereocenters. The molecule has 1 N–H and O–H groups in total. The summed E-state index contributed by atoms with van der Waals surface area (Å²) in [5, 5.41) is 18.1. The normalized spacial score (nSPS) is 25.3. The van der Waals surface area contributed by atoms with Crippen LogP contribution in [0.25, 0.3) is 11.2 Å². The van der Waals surface area contributed by atoms with Gasteiger partial charge in [0, 0.05) is 24.6 Å². The Kier molecular flexibility index (Phi) is 12.6. The Labute approximate surface area is 283 Å². The molecule has 0 bridgehead atoms. The minimum Gasteiger partial charge on any atom is -0.414 e. The zero-order valence-corrected chi connectivity index (χ0v) is 33.2. The Hall–Kier alpha value is -1.61. The first-order chi connectivity index (χ1) is 22.1. The molecule has 0 radical (unpaired) electrons. The van der Waals surface area contributed by atoms with Gasteiger partial charge in [-0.05, 0) is 56.3 Å². The molecule has 1 saturated carbocycles. The van der Waals surface area contributed by atoms with Crippen LogP contribution in [0.4, 0.5) is 0 Å². The Morgan fingerprint density at radius 2 is 1.66 bits per heavy atom. The molecule has 2 aromatic heterocycles. The molecule has 4 rings (SSSR count). The molecule has 1 unspecified atom stereocenters. The van der Waals surface area contributed by atoms with E-state index in [4.69, 9.17) is 22.0 Å². The van der Waals surface area contributed by atoms with Crippen LogP contribution in [0.15, 0.2) is 11.1 Å². The lowest BCUT2D eigenvalue weighted by Crippen LogP contribution is -2.65. The highest BCUT2D eigenvalue weighted by molar-refractivity contribution is 7.44. The van der Waals surface area contributed by atoms with Crippen molar-refractivity contribution >= 4 is 36.8 Å². The topological polar surface area (TPSA) is 150 Å². The van der Waals surface area contributed by atoms with E-state index in [2.05, 4.69) is 114 Å². The molecule has 2 aromatic rings. The molecular formula is C31H56N7O6PSi2. The van der Waals surface area contributed by atoms with E-state index < -0.39 is 37.9 Å². The van der Waals surface area contributed by atoms with Crippen molar-refractivity contribution in [3.63, 3.8) is 0 Å². The molecule has 1 aliphatic heterocycles. The number of nitrogens with zero attached hydrogens (tertiary/aromatic N) is 6. The van der Waals surface area contributed by atoms with Crippen LogP contribution in [0.2, 0.25) is 22.2 Å². The average molecular weight is 710 g/mol. The summed E-state index contributed by atoms with van der Waals surface area (Å²) >= 11 is 0. The van der Waals surface area contributed by atoms with E-state index >= 15 is 0 Å². The number of fused-ring (bicyclic) bond motifs is 2. The van der Waals surface area contributed by atoms with Crippen LogP contribution >= 0.6 is 8.53 Å². The number of aromatic nitrogens is 5. The molecule has 0 amide bonds. The van der Waals surface area contributed by atoms with Gasteiger partial charge in [-0.3, -0.25) is 4.79 Å². The predicted molar refractivity (Wildman–Crippen MR) is 187 cm³/mol. The van der Waals surface area contributed by atoms with E-state index in [9.17, 15) is 10.1 Å². The third-order valence-electron chi connectivity index (χ3n) is 9.55. The van der Waals surface area contributed by atoms with Crippen molar-refractivity contribution in [3.05, 3.63) is 16.7 Å².